The summed E-state index contributed by atoms with van der Waals surface area (Å²) in [6.07, 6.45) is 1.48. The van der Waals surface area contributed by atoms with Crippen LogP contribution in [-0.2, 0) is 4.79 Å². The van der Waals surface area contributed by atoms with Gasteiger partial charge in [-0.2, -0.15) is 10.5 Å². The van der Waals surface area contributed by atoms with Gasteiger partial charge < -0.3 is 10.2 Å². The Morgan fingerprint density at radius 1 is 1.32 bits per heavy atom. The van der Waals surface area contributed by atoms with E-state index in [9.17, 15) is 20.1 Å². The Morgan fingerprint density at radius 3 is 2.56 bits per heavy atom. The molecule has 0 atom stereocenters. The van der Waals surface area contributed by atoms with E-state index in [1.807, 2.05) is 23.6 Å². The largest absolute Gasteiger partial charge is 0.344 e. The normalized spacial score (nSPS) is 10.7. The van der Waals surface area contributed by atoms with Crippen molar-refractivity contribution in [3.63, 3.8) is 0 Å². The molecule has 2 heterocycles. The Morgan fingerprint density at radius 2 is 2.04 bits per heavy atom. The zero-order valence-electron chi connectivity index (χ0n) is 13.8. The molecule has 8 heteroatoms. The number of amides is 2. The minimum absolute atomic E-state index is 0.0714. The molecule has 0 saturated carbocycles. The van der Waals surface area contributed by atoms with Crippen molar-refractivity contribution in [1.82, 2.24) is 4.90 Å². The molecule has 0 bridgehead atoms. The predicted molar refractivity (Wildman–Crippen MR) is 98.3 cm³/mol. The maximum absolute atomic E-state index is 12.4. The minimum atomic E-state index is -0.613. The average molecular weight is 370 g/mol. The Kier molecular flexibility index (Phi) is 5.71. The third-order valence-electron chi connectivity index (χ3n) is 3.28. The van der Waals surface area contributed by atoms with Crippen LogP contribution in [0.15, 0.2) is 23.1 Å². The average Bonchev–Trinajstić information content (AvgIpc) is 3.19. The quantitative estimate of drug-likeness (QED) is 0.660. The molecule has 6 nitrogen and oxygen atoms in total. The van der Waals surface area contributed by atoms with Crippen molar-refractivity contribution in [1.29, 1.82) is 10.5 Å². The number of nitriles is 2. The van der Waals surface area contributed by atoms with Crippen LogP contribution in [-0.4, -0.2) is 30.8 Å². The first-order valence-corrected chi connectivity index (χ1v) is 8.80. The SMILES string of the molecule is Cc1c(C(=O)N(C)C)sc(NC(=O)C(C#N)=Cc2cccs2)c1C#N. The Labute approximate surface area is 153 Å². The van der Waals surface area contributed by atoms with Crippen LogP contribution < -0.4 is 5.32 Å². The van der Waals surface area contributed by atoms with E-state index in [0.717, 1.165) is 16.2 Å². The number of hydrogen-bond acceptors (Lipinski definition) is 6. The van der Waals surface area contributed by atoms with Gasteiger partial charge in [-0.25, -0.2) is 0 Å². The lowest BCUT2D eigenvalue weighted by atomic mass is 10.1. The molecule has 0 radical (unpaired) electrons. The third kappa shape index (κ3) is 3.94. The summed E-state index contributed by atoms with van der Waals surface area (Å²) < 4.78 is 0. The molecule has 0 aliphatic carbocycles. The second kappa shape index (κ2) is 7.75. The summed E-state index contributed by atoms with van der Waals surface area (Å²) in [5, 5.41) is 23.3. The maximum Gasteiger partial charge on any atom is 0.267 e. The van der Waals surface area contributed by atoms with E-state index in [1.165, 1.54) is 22.3 Å². The number of rotatable bonds is 4. The molecule has 0 unspecified atom stereocenters. The van der Waals surface area contributed by atoms with Gasteiger partial charge in [-0.1, -0.05) is 6.07 Å². The fraction of sp³-hybridized carbons (Fsp3) is 0.176. The molecule has 0 saturated heterocycles. The summed E-state index contributed by atoms with van der Waals surface area (Å²) in [6.45, 7) is 1.66. The number of nitrogens with one attached hydrogen (secondary N) is 1. The lowest BCUT2D eigenvalue weighted by molar-refractivity contribution is -0.112. The van der Waals surface area contributed by atoms with Crippen molar-refractivity contribution in [3.8, 4) is 12.1 Å². The first-order chi connectivity index (χ1) is 11.9. The molecule has 2 rings (SSSR count). The molecule has 0 aliphatic rings. The van der Waals surface area contributed by atoms with E-state index in [-0.39, 0.29) is 22.0 Å². The van der Waals surface area contributed by atoms with Crippen LogP contribution in [0, 0.1) is 29.6 Å². The lowest BCUT2D eigenvalue weighted by Crippen LogP contribution is -2.21. The zero-order chi connectivity index (χ0) is 18.6. The molecule has 0 spiro atoms. The van der Waals surface area contributed by atoms with Gasteiger partial charge in [0.25, 0.3) is 11.8 Å². The van der Waals surface area contributed by atoms with Crippen molar-refractivity contribution in [2.24, 2.45) is 0 Å². The second-order valence-electron chi connectivity index (χ2n) is 5.21. The highest BCUT2D eigenvalue weighted by Crippen LogP contribution is 2.33. The summed E-state index contributed by atoms with van der Waals surface area (Å²) in [6, 6.07) is 7.48. The van der Waals surface area contributed by atoms with Crippen molar-refractivity contribution in [2.75, 3.05) is 19.4 Å². The van der Waals surface area contributed by atoms with Crippen molar-refractivity contribution < 1.29 is 9.59 Å². The number of carbonyl (C=O) groups is 2. The monoisotopic (exact) mass is 370 g/mol. The van der Waals surface area contributed by atoms with Gasteiger partial charge in [-0.15, -0.1) is 22.7 Å². The van der Waals surface area contributed by atoms with E-state index >= 15 is 0 Å². The third-order valence-corrected chi connectivity index (χ3v) is 5.30. The fourth-order valence-electron chi connectivity index (χ4n) is 1.98. The molecular formula is C17H14N4O2S2. The van der Waals surface area contributed by atoms with Crippen LogP contribution >= 0.6 is 22.7 Å². The van der Waals surface area contributed by atoms with Crippen LogP contribution in [0.1, 0.15) is 25.7 Å². The van der Waals surface area contributed by atoms with Gasteiger partial charge in [0.1, 0.15) is 22.7 Å². The van der Waals surface area contributed by atoms with Gasteiger partial charge >= 0.3 is 0 Å². The number of hydrogen-bond donors (Lipinski definition) is 1. The topological polar surface area (TPSA) is 97.0 Å². The zero-order valence-corrected chi connectivity index (χ0v) is 15.4. The van der Waals surface area contributed by atoms with E-state index in [4.69, 9.17) is 0 Å². The molecular weight excluding hydrogens is 356 g/mol. The highest BCUT2D eigenvalue weighted by atomic mass is 32.1. The minimum Gasteiger partial charge on any atom is -0.344 e. The van der Waals surface area contributed by atoms with Gasteiger partial charge in [0.05, 0.1) is 10.4 Å². The first kappa shape index (κ1) is 18.4. The Hall–Kier alpha value is -2.94. The summed E-state index contributed by atoms with van der Waals surface area (Å²) in [5.41, 5.74) is 0.678. The highest BCUT2D eigenvalue weighted by molar-refractivity contribution is 7.18. The molecule has 126 valence electrons. The lowest BCUT2D eigenvalue weighted by Gasteiger charge is -2.08. The van der Waals surface area contributed by atoms with Gasteiger partial charge in [-0.05, 0) is 30.0 Å². The number of carbonyl (C=O) groups excluding carboxylic acids is 2. The predicted octanol–water partition coefficient (Wildman–Crippen LogP) is 3.24. The molecule has 1 N–H and O–H groups in total. The maximum atomic E-state index is 12.4. The summed E-state index contributed by atoms with van der Waals surface area (Å²) in [7, 11) is 3.23. The van der Waals surface area contributed by atoms with Crippen LogP contribution in [0.5, 0.6) is 0 Å². The van der Waals surface area contributed by atoms with E-state index in [2.05, 4.69) is 5.32 Å². The van der Waals surface area contributed by atoms with Crippen LogP contribution in [0.25, 0.3) is 6.08 Å². The van der Waals surface area contributed by atoms with E-state index in [1.54, 1.807) is 27.1 Å². The Bertz CT molecular complexity index is 925. The number of anilines is 1. The molecule has 0 aliphatic heterocycles. The second-order valence-corrected chi connectivity index (χ2v) is 7.21. The fourth-order valence-corrected chi connectivity index (χ4v) is 3.81. The summed E-state index contributed by atoms with van der Waals surface area (Å²) in [5.74, 6) is -0.855. The first-order valence-electron chi connectivity index (χ1n) is 7.10. The Balaban J connectivity index is 2.35. The standard InChI is InChI=1S/C17H14N4O2S2/c1-10-13(9-19)16(25-14(10)17(23)21(2)3)20-15(22)11(8-18)7-12-5-4-6-24-12/h4-7H,1-3H3,(H,20,22). The van der Waals surface area contributed by atoms with Crippen molar-refractivity contribution >= 4 is 45.6 Å². The summed E-state index contributed by atoms with van der Waals surface area (Å²) >= 11 is 2.44. The van der Waals surface area contributed by atoms with E-state index in [0.29, 0.717) is 10.4 Å². The van der Waals surface area contributed by atoms with E-state index < -0.39 is 5.91 Å². The van der Waals surface area contributed by atoms with Gasteiger partial charge in [-0.3, -0.25) is 9.59 Å². The van der Waals surface area contributed by atoms with Crippen LogP contribution in [0.3, 0.4) is 0 Å². The molecule has 2 aromatic heterocycles. The van der Waals surface area contributed by atoms with Gasteiger partial charge in [0, 0.05) is 19.0 Å². The smallest absolute Gasteiger partial charge is 0.267 e. The highest BCUT2D eigenvalue weighted by Gasteiger charge is 2.23. The number of thiophene rings is 2. The molecule has 2 aromatic rings. The van der Waals surface area contributed by atoms with Gasteiger partial charge in [0.15, 0.2) is 0 Å². The summed E-state index contributed by atoms with van der Waals surface area (Å²) in [4.78, 5) is 27.1. The van der Waals surface area contributed by atoms with Gasteiger partial charge in [0.2, 0.25) is 0 Å². The molecule has 0 aromatic carbocycles. The van der Waals surface area contributed by atoms with Crippen molar-refractivity contribution in [2.45, 2.75) is 6.92 Å². The van der Waals surface area contributed by atoms with Crippen LogP contribution in [0.4, 0.5) is 5.00 Å². The number of nitrogens with zero attached hydrogens (tertiary/aromatic N) is 3. The van der Waals surface area contributed by atoms with Crippen LogP contribution in [0.2, 0.25) is 0 Å². The van der Waals surface area contributed by atoms with Crippen molar-refractivity contribution in [3.05, 3.63) is 44.0 Å². The molecule has 2 amide bonds. The molecule has 0 fully saturated rings. The molecule has 25 heavy (non-hydrogen) atoms.